The van der Waals surface area contributed by atoms with Gasteiger partial charge in [-0.2, -0.15) is 0 Å². The van der Waals surface area contributed by atoms with Crippen LogP contribution in [0.1, 0.15) is 64.3 Å². The molecule has 314 valence electrons. The van der Waals surface area contributed by atoms with Crippen molar-refractivity contribution in [3.8, 4) is 28.1 Å². The minimum absolute atomic E-state index is 0.0699. The summed E-state index contributed by atoms with van der Waals surface area (Å²) in [6, 6.07) is 16.8. The van der Waals surface area contributed by atoms with E-state index < -0.39 is 26.8 Å². The molecule has 3 aromatic carbocycles. The fourth-order valence-corrected chi connectivity index (χ4v) is 11.7. The summed E-state index contributed by atoms with van der Waals surface area (Å²) >= 11 is 0. The minimum Gasteiger partial charge on any atom is -0.496 e. The molecule has 0 bridgehead atoms. The van der Waals surface area contributed by atoms with E-state index in [9.17, 15) is 19.5 Å². The van der Waals surface area contributed by atoms with Crippen molar-refractivity contribution in [3.05, 3.63) is 66.4 Å². The average molecular weight is 823 g/mol. The number of methoxy groups -OCH3 is 2. The van der Waals surface area contributed by atoms with E-state index in [0.29, 0.717) is 24.3 Å². The second-order valence-corrected chi connectivity index (χ2v) is 22.6. The summed E-state index contributed by atoms with van der Waals surface area (Å²) in [5.74, 6) is 1.96. The van der Waals surface area contributed by atoms with Crippen LogP contribution in [0.15, 0.2) is 54.7 Å². The number of hydrogen-bond acceptors (Lipinski definition) is 9. The molecule has 2 saturated heterocycles. The average Bonchev–Trinajstić information content (AvgIpc) is 4.04. The number of benzene rings is 3. The second kappa shape index (κ2) is 17.2. The third-order valence-corrected chi connectivity index (χ3v) is 14.7. The van der Waals surface area contributed by atoms with Gasteiger partial charge in [0.25, 0.3) is 0 Å². The van der Waals surface area contributed by atoms with Crippen LogP contribution in [0.4, 0.5) is 4.79 Å². The summed E-state index contributed by atoms with van der Waals surface area (Å²) in [6.07, 6.45) is 3.87. The van der Waals surface area contributed by atoms with E-state index in [4.69, 9.17) is 19.4 Å². The Bertz CT molecular complexity index is 2340. The van der Waals surface area contributed by atoms with Crippen molar-refractivity contribution in [2.75, 3.05) is 40.1 Å². The summed E-state index contributed by atoms with van der Waals surface area (Å²) < 4.78 is 10.8. The molecule has 5 aromatic rings. The number of aromatic nitrogens is 4. The number of alkyl carbamates (subject to hydrolysis) is 1. The molecular weight excluding hydrogens is 765 g/mol. The zero-order chi connectivity index (χ0) is 42.2. The van der Waals surface area contributed by atoms with E-state index in [1.807, 2.05) is 30.9 Å². The number of rotatable bonds is 13. The van der Waals surface area contributed by atoms with Crippen molar-refractivity contribution in [1.82, 2.24) is 40.4 Å². The molecule has 0 aliphatic carbocycles. The lowest BCUT2D eigenvalue weighted by Gasteiger charge is -2.30. The van der Waals surface area contributed by atoms with Crippen LogP contribution in [0, 0.1) is 11.8 Å². The first-order chi connectivity index (χ1) is 28.2. The molecule has 7 rings (SSSR count). The maximum Gasteiger partial charge on any atom is 0.407 e. The smallest absolute Gasteiger partial charge is 0.407 e. The Morgan fingerprint density at radius 2 is 1.71 bits per heavy atom. The molecule has 0 radical (unpaired) electrons. The molecule has 5 N–H and O–H groups in total. The SMILES string of the molecule is COC(=O)N[C@H](C(=O)N1C[Si](C)(C)C[C@H]1c1ncc(-c2ccc(-c3ccc4c(ccc5nc([C@@H]6CCCN6C[C@@H](NC(=O)CO)C(C)C)[nH]c54)c3)cc2OC)[nH]1)C(C)C. The van der Waals surface area contributed by atoms with Crippen molar-refractivity contribution < 1.29 is 29.0 Å². The predicted octanol–water partition coefficient (Wildman–Crippen LogP) is 6.56. The van der Waals surface area contributed by atoms with Gasteiger partial charge in [0.1, 0.15) is 30.0 Å². The van der Waals surface area contributed by atoms with Gasteiger partial charge >= 0.3 is 6.09 Å². The summed E-state index contributed by atoms with van der Waals surface area (Å²) in [7, 11) is 1.18. The van der Waals surface area contributed by atoms with Gasteiger partial charge in [0, 0.05) is 29.7 Å². The predicted molar refractivity (Wildman–Crippen MR) is 231 cm³/mol. The molecule has 2 aliphatic heterocycles. The molecule has 2 aliphatic rings. The number of likely N-dealkylation sites (tertiary alicyclic amines) is 1. The molecule has 0 saturated carbocycles. The minimum atomic E-state index is -1.78. The molecule has 2 aromatic heterocycles. The normalized spacial score (nSPS) is 19.1. The van der Waals surface area contributed by atoms with Gasteiger partial charge in [-0.3, -0.25) is 14.5 Å². The summed E-state index contributed by atoms with van der Waals surface area (Å²) in [4.78, 5) is 59.5. The standard InChI is InChI=1S/C44H58N8O6Si/c1-25(2)34(46-38(54)22-53)21-51-17-9-10-35(51)42-47-32-16-13-29-18-27(11-14-30(29)40(32)49-42)28-12-15-31(37(19-28)57-5)33-20-45-41(48-33)36-23-59(7,8)24-52(36)43(55)39(26(3)4)50-44(56)58-6/h11-16,18-20,25-26,34-36,39,53H,9-10,17,21-24H2,1-8H3,(H,45,48)(H,46,54)(H,47,49)(H,50,56)/t34-,35+,36+,39+/m1/s1. The maximum absolute atomic E-state index is 14.0. The van der Waals surface area contributed by atoms with Crippen LogP contribution in [0.25, 0.3) is 44.2 Å². The summed E-state index contributed by atoms with van der Waals surface area (Å²) in [5.41, 5.74) is 5.62. The number of imidazole rings is 2. The maximum atomic E-state index is 14.0. The van der Waals surface area contributed by atoms with Gasteiger partial charge in [-0.05, 0) is 78.0 Å². The van der Waals surface area contributed by atoms with Crippen LogP contribution < -0.4 is 15.4 Å². The van der Waals surface area contributed by atoms with Gasteiger partial charge in [0.2, 0.25) is 11.8 Å². The number of aromatic amines is 2. The molecule has 15 heteroatoms. The van der Waals surface area contributed by atoms with Gasteiger partial charge in [0.15, 0.2) is 0 Å². The largest absolute Gasteiger partial charge is 0.496 e. The van der Waals surface area contributed by atoms with E-state index in [2.05, 4.69) is 88.8 Å². The topological polar surface area (TPSA) is 178 Å². The van der Waals surface area contributed by atoms with Crippen LogP contribution in [-0.2, 0) is 14.3 Å². The van der Waals surface area contributed by atoms with Crippen molar-refractivity contribution in [3.63, 3.8) is 0 Å². The number of fused-ring (bicyclic) bond motifs is 3. The molecule has 2 fully saturated rings. The van der Waals surface area contributed by atoms with Crippen molar-refractivity contribution in [1.29, 1.82) is 0 Å². The second-order valence-electron chi connectivity index (χ2n) is 17.6. The van der Waals surface area contributed by atoms with Gasteiger partial charge in [-0.1, -0.05) is 65.1 Å². The quantitative estimate of drug-likeness (QED) is 0.0823. The van der Waals surface area contributed by atoms with Gasteiger partial charge in [-0.15, -0.1) is 0 Å². The number of hydrogen-bond donors (Lipinski definition) is 5. The number of amides is 3. The third-order valence-electron chi connectivity index (χ3n) is 12.0. The van der Waals surface area contributed by atoms with Crippen molar-refractivity contribution in [2.24, 2.45) is 11.8 Å². The highest BCUT2D eigenvalue weighted by Crippen LogP contribution is 2.40. The molecule has 0 unspecified atom stereocenters. The Hall–Kier alpha value is -5.25. The first-order valence-electron chi connectivity index (χ1n) is 20.7. The molecule has 14 nitrogen and oxygen atoms in total. The van der Waals surface area contributed by atoms with Crippen LogP contribution in [-0.4, -0.2) is 113 Å². The van der Waals surface area contributed by atoms with Gasteiger partial charge in [0.05, 0.1) is 57.3 Å². The lowest BCUT2D eigenvalue weighted by molar-refractivity contribution is -0.135. The van der Waals surface area contributed by atoms with Gasteiger partial charge in [-0.25, -0.2) is 14.8 Å². The lowest BCUT2D eigenvalue weighted by atomic mass is 9.98. The van der Waals surface area contributed by atoms with Crippen LogP contribution >= 0.6 is 0 Å². The fourth-order valence-electron chi connectivity index (χ4n) is 8.81. The lowest BCUT2D eigenvalue weighted by Crippen LogP contribution is -2.52. The summed E-state index contributed by atoms with van der Waals surface area (Å²) in [6.45, 7) is 13.7. The molecule has 59 heavy (non-hydrogen) atoms. The number of carbonyl (C=O) groups excluding carboxylic acids is 3. The number of aliphatic hydroxyl groups excluding tert-OH is 1. The Morgan fingerprint density at radius 1 is 0.949 bits per heavy atom. The zero-order valence-corrected chi connectivity index (χ0v) is 36.4. The van der Waals surface area contributed by atoms with Crippen molar-refractivity contribution in [2.45, 2.75) is 83.8 Å². The Balaban J connectivity index is 1.12. The van der Waals surface area contributed by atoms with E-state index >= 15 is 0 Å². The third kappa shape index (κ3) is 8.73. The molecule has 4 heterocycles. The first kappa shape index (κ1) is 41.9. The number of carbonyl (C=O) groups is 3. The number of nitrogens with zero attached hydrogens (tertiary/aromatic N) is 4. The van der Waals surface area contributed by atoms with Gasteiger partial charge < -0.3 is 40.1 Å². The Labute approximate surface area is 346 Å². The van der Waals surface area contributed by atoms with Crippen LogP contribution in [0.5, 0.6) is 5.75 Å². The van der Waals surface area contributed by atoms with E-state index in [0.717, 1.165) is 75.4 Å². The molecule has 4 atom stereocenters. The monoisotopic (exact) mass is 822 g/mol. The highest BCUT2D eigenvalue weighted by molar-refractivity contribution is 6.78. The van der Waals surface area contributed by atoms with Crippen LogP contribution in [0.3, 0.4) is 0 Å². The number of ether oxygens (including phenoxy) is 2. The first-order valence-corrected chi connectivity index (χ1v) is 24.1. The fraction of sp³-hybridized carbons (Fsp3) is 0.477. The van der Waals surface area contributed by atoms with E-state index in [-0.39, 0.29) is 41.8 Å². The summed E-state index contributed by atoms with van der Waals surface area (Å²) in [5, 5.41) is 17.2. The Kier molecular flexibility index (Phi) is 12.2. The highest BCUT2D eigenvalue weighted by Gasteiger charge is 2.46. The number of aliphatic hydroxyl groups is 1. The van der Waals surface area contributed by atoms with E-state index in [1.54, 1.807) is 13.3 Å². The molecular formula is C44H58N8O6Si. The van der Waals surface area contributed by atoms with Crippen LogP contribution in [0.2, 0.25) is 19.1 Å². The molecule has 0 spiro atoms. The van der Waals surface area contributed by atoms with E-state index in [1.165, 1.54) is 7.11 Å². The number of H-pyrrole nitrogens is 2. The van der Waals surface area contributed by atoms with Crippen molar-refractivity contribution >= 4 is 47.8 Å². The Morgan fingerprint density at radius 3 is 2.42 bits per heavy atom. The number of nitrogens with one attached hydrogen (secondary N) is 4. The molecule has 3 amide bonds. The zero-order valence-electron chi connectivity index (χ0n) is 35.4. The highest BCUT2D eigenvalue weighted by atomic mass is 28.3.